The van der Waals surface area contributed by atoms with Gasteiger partial charge in [0.2, 0.25) is 17.5 Å². The summed E-state index contributed by atoms with van der Waals surface area (Å²) < 4.78 is 28.0. The Morgan fingerprint density at radius 1 is 0.800 bits per heavy atom. The van der Waals surface area contributed by atoms with Crippen LogP contribution in [0.4, 0.5) is 0 Å². The Morgan fingerprint density at radius 2 is 1.45 bits per heavy atom. The third-order valence-corrected chi connectivity index (χ3v) is 6.80. The van der Waals surface area contributed by atoms with Crippen LogP contribution in [0, 0.1) is 0 Å². The van der Waals surface area contributed by atoms with E-state index >= 15 is 0 Å². The minimum atomic E-state index is -1.89. The van der Waals surface area contributed by atoms with Crippen LogP contribution < -0.4 is 10.2 Å². The molecule has 0 saturated carbocycles. The molecule has 0 spiro atoms. The van der Waals surface area contributed by atoms with Crippen molar-refractivity contribution in [2.75, 3.05) is 13.2 Å². The molecule has 216 valence electrons. The third-order valence-electron chi connectivity index (χ3n) is 6.80. The molecule has 0 radical (unpaired) electrons. The van der Waals surface area contributed by atoms with Crippen LogP contribution in [-0.4, -0.2) is 109 Å². The van der Waals surface area contributed by atoms with Gasteiger partial charge in [-0.05, 0) is 0 Å². The fraction of sp³-hybridized carbons (Fsp3) is 0.423. The number of aliphatic hydroxyl groups is 6. The van der Waals surface area contributed by atoms with Gasteiger partial charge in [-0.3, -0.25) is 4.79 Å². The number of phenolic OH excluding ortho intramolecular Hbond substituents is 2. The van der Waals surface area contributed by atoms with Crippen molar-refractivity contribution in [1.82, 2.24) is 0 Å². The Labute approximate surface area is 225 Å². The zero-order valence-electron chi connectivity index (χ0n) is 20.7. The van der Waals surface area contributed by atoms with Gasteiger partial charge in [0.15, 0.2) is 12.1 Å². The molecule has 2 aliphatic rings. The molecule has 14 heteroatoms. The fourth-order valence-corrected chi connectivity index (χ4v) is 4.72. The number of aromatic hydroxyl groups is 2. The Bertz CT molecular complexity index is 1390. The van der Waals surface area contributed by atoms with Crippen molar-refractivity contribution in [3.63, 3.8) is 0 Å². The summed E-state index contributed by atoms with van der Waals surface area (Å²) >= 11 is 0. The van der Waals surface area contributed by atoms with Crippen molar-refractivity contribution in [3.05, 3.63) is 52.7 Å². The number of fused-ring (bicyclic) bond motifs is 1. The lowest BCUT2D eigenvalue weighted by atomic mass is 9.98. The molecule has 0 aliphatic carbocycles. The van der Waals surface area contributed by atoms with Gasteiger partial charge >= 0.3 is 0 Å². The van der Waals surface area contributed by atoms with E-state index in [4.69, 9.17) is 23.4 Å². The monoisotopic (exact) mass is 564 g/mol. The van der Waals surface area contributed by atoms with E-state index in [2.05, 4.69) is 0 Å². The van der Waals surface area contributed by atoms with E-state index in [1.54, 1.807) is 30.3 Å². The maximum atomic E-state index is 13.5. The Morgan fingerprint density at radius 3 is 2.10 bits per heavy atom. The minimum Gasteiger partial charge on any atom is -0.508 e. The lowest BCUT2D eigenvalue weighted by Gasteiger charge is -2.42. The minimum absolute atomic E-state index is 0.140. The molecule has 40 heavy (non-hydrogen) atoms. The van der Waals surface area contributed by atoms with Crippen molar-refractivity contribution in [3.8, 4) is 28.6 Å². The van der Waals surface area contributed by atoms with Crippen molar-refractivity contribution >= 4 is 11.0 Å². The van der Waals surface area contributed by atoms with Gasteiger partial charge in [0.1, 0.15) is 65.2 Å². The van der Waals surface area contributed by atoms with E-state index in [0.717, 1.165) is 12.1 Å². The van der Waals surface area contributed by atoms with Gasteiger partial charge in [0.25, 0.3) is 0 Å². The second-order valence-corrected chi connectivity index (χ2v) is 9.43. The van der Waals surface area contributed by atoms with E-state index in [9.17, 15) is 45.6 Å². The molecule has 5 rings (SSSR count). The molecule has 14 nitrogen and oxygen atoms in total. The molecule has 0 bridgehead atoms. The highest BCUT2D eigenvalue weighted by Crippen LogP contribution is 2.37. The van der Waals surface area contributed by atoms with E-state index in [0.29, 0.717) is 5.56 Å². The number of benzene rings is 2. The lowest BCUT2D eigenvalue weighted by molar-refractivity contribution is -0.315. The average molecular weight is 564 g/mol. The Kier molecular flexibility index (Phi) is 7.96. The molecule has 2 aliphatic heterocycles. The van der Waals surface area contributed by atoms with Gasteiger partial charge in [0, 0.05) is 17.7 Å². The Hall–Kier alpha value is -3.31. The van der Waals surface area contributed by atoms with Crippen LogP contribution >= 0.6 is 0 Å². The number of phenols is 2. The van der Waals surface area contributed by atoms with Crippen LogP contribution in [-0.2, 0) is 14.2 Å². The number of rotatable bonds is 7. The first kappa shape index (κ1) is 28.2. The lowest BCUT2D eigenvalue weighted by Crippen LogP contribution is -2.62. The molecule has 3 heterocycles. The standard InChI is InChI=1S/C26H28O14/c27-8-14-17(31)20(34)25(37-14)39-23-15(9-28)38-26(21(35)19(23)33)40-24-18(32)16-12(30)6-11(29)7-13(16)36-22(24)10-4-2-1-3-5-10/h1-7,14-15,17,19-21,23,25-31,33-35H,8-9H2. The van der Waals surface area contributed by atoms with Gasteiger partial charge in [-0.15, -0.1) is 0 Å². The topological polar surface area (TPSA) is 229 Å². The zero-order chi connectivity index (χ0) is 28.7. The molecule has 1 aromatic heterocycles. The molecular formula is C26H28O14. The van der Waals surface area contributed by atoms with Crippen molar-refractivity contribution in [2.24, 2.45) is 0 Å². The van der Waals surface area contributed by atoms with E-state index in [1.807, 2.05) is 0 Å². The normalized spacial score (nSPS) is 32.4. The summed E-state index contributed by atoms with van der Waals surface area (Å²) in [5.74, 6) is -1.60. The first-order chi connectivity index (χ1) is 19.1. The second-order valence-electron chi connectivity index (χ2n) is 9.43. The van der Waals surface area contributed by atoms with Crippen LogP contribution in [0.2, 0.25) is 0 Å². The first-order valence-corrected chi connectivity index (χ1v) is 12.3. The molecule has 8 N–H and O–H groups in total. The predicted octanol–water partition coefficient (Wildman–Crippen LogP) is -1.49. The summed E-state index contributed by atoms with van der Waals surface area (Å²) in [4.78, 5) is 13.5. The van der Waals surface area contributed by atoms with Gasteiger partial charge < -0.3 is 64.2 Å². The van der Waals surface area contributed by atoms with Crippen molar-refractivity contribution < 1.29 is 64.2 Å². The maximum absolute atomic E-state index is 13.5. The van der Waals surface area contributed by atoms with E-state index in [-0.39, 0.29) is 22.5 Å². The summed E-state index contributed by atoms with van der Waals surface area (Å²) in [6.07, 6.45) is -14.2. The molecule has 2 fully saturated rings. The van der Waals surface area contributed by atoms with E-state index < -0.39 is 85.4 Å². The first-order valence-electron chi connectivity index (χ1n) is 12.3. The van der Waals surface area contributed by atoms with Crippen LogP contribution in [0.5, 0.6) is 17.2 Å². The fourth-order valence-electron chi connectivity index (χ4n) is 4.72. The number of hydrogen-bond donors (Lipinski definition) is 8. The number of ether oxygens (including phenoxy) is 4. The van der Waals surface area contributed by atoms with Gasteiger partial charge in [0.05, 0.1) is 13.2 Å². The van der Waals surface area contributed by atoms with Crippen LogP contribution in [0.15, 0.2) is 51.7 Å². The van der Waals surface area contributed by atoms with Crippen molar-refractivity contribution in [1.29, 1.82) is 0 Å². The highest BCUT2D eigenvalue weighted by molar-refractivity contribution is 5.88. The summed E-state index contributed by atoms with van der Waals surface area (Å²) in [5, 5.41) is 81.0. The summed E-state index contributed by atoms with van der Waals surface area (Å²) in [6.45, 7) is -1.40. The van der Waals surface area contributed by atoms with Crippen molar-refractivity contribution in [2.45, 2.75) is 55.3 Å². The smallest absolute Gasteiger partial charge is 0.239 e. The maximum Gasteiger partial charge on any atom is 0.239 e. The zero-order valence-corrected chi connectivity index (χ0v) is 20.7. The average Bonchev–Trinajstić information content (AvgIpc) is 3.21. The molecular weight excluding hydrogens is 536 g/mol. The SMILES string of the molecule is O=c1c(OC2OC(CO)C(OC3OC(CO)C(O)C3O)C(O)C2O)c(-c2ccccc2)oc2cc(O)cc(O)c12. The summed E-state index contributed by atoms with van der Waals surface area (Å²) in [7, 11) is 0. The predicted molar refractivity (Wildman–Crippen MR) is 132 cm³/mol. The van der Waals surface area contributed by atoms with Crippen LogP contribution in [0.1, 0.15) is 0 Å². The second kappa shape index (κ2) is 11.3. The van der Waals surface area contributed by atoms with Gasteiger partial charge in [-0.2, -0.15) is 0 Å². The summed E-state index contributed by atoms with van der Waals surface area (Å²) in [6, 6.07) is 10.3. The summed E-state index contributed by atoms with van der Waals surface area (Å²) in [5.41, 5.74) is -0.679. The quantitative estimate of drug-likeness (QED) is 0.164. The molecule has 0 amide bonds. The van der Waals surface area contributed by atoms with E-state index in [1.165, 1.54) is 0 Å². The Balaban J connectivity index is 1.48. The van der Waals surface area contributed by atoms with Gasteiger partial charge in [-0.25, -0.2) is 0 Å². The number of hydrogen-bond acceptors (Lipinski definition) is 14. The van der Waals surface area contributed by atoms with Gasteiger partial charge in [-0.1, -0.05) is 30.3 Å². The third kappa shape index (κ3) is 5.01. The molecule has 9 unspecified atom stereocenters. The highest BCUT2D eigenvalue weighted by Gasteiger charge is 2.51. The molecule has 2 saturated heterocycles. The number of aliphatic hydroxyl groups excluding tert-OH is 6. The largest absolute Gasteiger partial charge is 0.508 e. The van der Waals surface area contributed by atoms with Crippen LogP contribution in [0.25, 0.3) is 22.3 Å². The molecule has 2 aromatic carbocycles. The van der Waals surface area contributed by atoms with Crippen LogP contribution in [0.3, 0.4) is 0 Å². The molecule has 3 aromatic rings. The molecule has 9 atom stereocenters. The highest BCUT2D eigenvalue weighted by atomic mass is 16.7.